The van der Waals surface area contributed by atoms with E-state index >= 15 is 0 Å². The Bertz CT molecular complexity index is 2060. The lowest BCUT2D eigenvalue weighted by atomic mass is 9.88. The highest BCUT2D eigenvalue weighted by Gasteiger charge is 2.63. The van der Waals surface area contributed by atoms with E-state index in [2.05, 4.69) is 25.3 Å². The minimum atomic E-state index is -4.87. The zero-order valence-corrected chi connectivity index (χ0v) is 32.3. The van der Waals surface area contributed by atoms with Crippen LogP contribution in [0, 0.1) is 17.8 Å². The van der Waals surface area contributed by atoms with Gasteiger partial charge in [-0.3, -0.25) is 19.1 Å². The minimum Gasteiger partial charge on any atom is -0.493 e. The molecular weight excluding hydrogens is 765 g/mol. The van der Waals surface area contributed by atoms with Crippen LogP contribution in [0.15, 0.2) is 24.3 Å². The van der Waals surface area contributed by atoms with Crippen molar-refractivity contribution in [3.8, 4) is 17.4 Å². The van der Waals surface area contributed by atoms with Gasteiger partial charge in [-0.15, -0.1) is 0 Å². The molecule has 56 heavy (non-hydrogen) atoms. The Morgan fingerprint density at radius 2 is 1.73 bits per heavy atom. The van der Waals surface area contributed by atoms with Gasteiger partial charge in [0.15, 0.2) is 11.5 Å². The number of fused-ring (bicyclic) bond motifs is 3. The van der Waals surface area contributed by atoms with E-state index in [0.29, 0.717) is 32.1 Å². The summed E-state index contributed by atoms with van der Waals surface area (Å²) in [5.41, 5.74) is -3.22. The van der Waals surface area contributed by atoms with Gasteiger partial charge in [-0.1, -0.05) is 26.0 Å². The van der Waals surface area contributed by atoms with Crippen LogP contribution in [0.4, 0.5) is 18.0 Å². The molecule has 2 aliphatic carbocycles. The summed E-state index contributed by atoms with van der Waals surface area (Å²) < 4.78 is 84.9. The molecule has 1 saturated heterocycles. The number of rotatable bonds is 8. The Balaban J connectivity index is 1.36. The van der Waals surface area contributed by atoms with E-state index < -0.39 is 91.9 Å². The predicted octanol–water partition coefficient (Wildman–Crippen LogP) is 3.54. The SMILES string of the molecule is COc1cc2nc(C(F)(F)F)c(OC)nc2cc1O[C@@H]1C[C@H]2C(=O)N[C@]3(C(=O)NS(=O)(=O)C4(C)CC4)C[C@H]3/C=C\CC[C@@H](C)C[C@@H](C)[C@H](NC(=O)O)C(=O)N2C1. The van der Waals surface area contributed by atoms with Gasteiger partial charge in [-0.2, -0.15) is 13.2 Å². The maximum atomic E-state index is 14.4. The summed E-state index contributed by atoms with van der Waals surface area (Å²) in [6.45, 7) is 4.97. The number of hydrogen-bond donors (Lipinski definition) is 4. The summed E-state index contributed by atoms with van der Waals surface area (Å²) in [5, 5.41) is 14.8. The Hall–Kier alpha value is -4.88. The van der Waals surface area contributed by atoms with Gasteiger partial charge in [0.05, 0.1) is 36.5 Å². The van der Waals surface area contributed by atoms with Crippen molar-refractivity contribution < 1.29 is 60.1 Å². The molecular formula is C36H45F3N6O10S. The third-order valence-corrected chi connectivity index (χ3v) is 13.4. The fourth-order valence-corrected chi connectivity index (χ4v) is 8.85. The number of carbonyl (C=O) groups excluding carboxylic acids is 3. The van der Waals surface area contributed by atoms with Crippen LogP contribution in [0.5, 0.6) is 17.4 Å². The van der Waals surface area contributed by atoms with Crippen LogP contribution in [0.25, 0.3) is 11.0 Å². The third kappa shape index (κ3) is 8.02. The van der Waals surface area contributed by atoms with Gasteiger partial charge < -0.3 is 34.9 Å². The number of methoxy groups -OCH3 is 2. The van der Waals surface area contributed by atoms with Crippen molar-refractivity contribution in [2.75, 3.05) is 20.8 Å². The van der Waals surface area contributed by atoms with Crippen molar-refractivity contribution in [3.05, 3.63) is 30.0 Å². The number of nitrogens with one attached hydrogen (secondary N) is 3. The Morgan fingerprint density at radius 3 is 2.36 bits per heavy atom. The summed E-state index contributed by atoms with van der Waals surface area (Å²) in [5.74, 6) is -4.26. The zero-order valence-electron chi connectivity index (χ0n) is 31.4. The number of sulfonamides is 1. The summed E-state index contributed by atoms with van der Waals surface area (Å²) in [4.78, 5) is 63.4. The number of amides is 4. The molecule has 2 saturated carbocycles. The Labute approximate surface area is 321 Å². The standard InChI is InChI=1S/C36H45F3N6O10S/c1-18-8-6-7-9-20-16-35(20,32(48)44-56(51,52)34(3)10-11-34)43-29(46)24-13-21(17-45(24)31(47)27(19(2)12-18)42-33(49)50)55-26-15-23-22(14-25(26)53-4)40-28(36(37,38)39)30(41-23)54-5/h7,9,14-15,18-21,24,27,42H,6,8,10-13,16-17H2,1-5H3,(H,43,46)(H,44,48)(H,49,50)/b9-7-/t18-,19-,20-,21-,24+,27+,35-/m1/s1. The average Bonchev–Trinajstić information content (AvgIpc) is 4.00. The largest absolute Gasteiger partial charge is 0.493 e. The van der Waals surface area contributed by atoms with Gasteiger partial charge in [0.2, 0.25) is 33.4 Å². The van der Waals surface area contributed by atoms with Crippen molar-refractivity contribution in [3.63, 3.8) is 0 Å². The van der Waals surface area contributed by atoms with E-state index in [-0.39, 0.29) is 47.8 Å². The van der Waals surface area contributed by atoms with Crippen molar-refractivity contribution >= 4 is 44.9 Å². The van der Waals surface area contributed by atoms with Crippen LogP contribution in [0.3, 0.4) is 0 Å². The van der Waals surface area contributed by atoms with E-state index in [4.69, 9.17) is 14.2 Å². The minimum absolute atomic E-state index is 0.0128. The van der Waals surface area contributed by atoms with Crippen LogP contribution in [0.1, 0.15) is 71.4 Å². The molecule has 2 aromatic rings. The molecule has 3 fully saturated rings. The first-order chi connectivity index (χ1) is 26.2. The van der Waals surface area contributed by atoms with Gasteiger partial charge >= 0.3 is 12.3 Å². The summed E-state index contributed by atoms with van der Waals surface area (Å²) >= 11 is 0. The molecule has 0 radical (unpaired) electrons. The summed E-state index contributed by atoms with van der Waals surface area (Å²) in [6, 6.07) is -0.136. The molecule has 2 aliphatic heterocycles. The molecule has 1 aromatic carbocycles. The van der Waals surface area contributed by atoms with Crippen molar-refractivity contribution in [2.24, 2.45) is 17.8 Å². The summed E-state index contributed by atoms with van der Waals surface area (Å²) in [7, 11) is -1.81. The van der Waals surface area contributed by atoms with Crippen LogP contribution >= 0.6 is 0 Å². The molecule has 1 aromatic heterocycles. The van der Waals surface area contributed by atoms with Crippen molar-refractivity contribution in [1.82, 2.24) is 30.2 Å². The zero-order chi connectivity index (χ0) is 41.0. The normalized spacial score (nSPS) is 29.8. The van der Waals surface area contributed by atoms with E-state index in [1.807, 2.05) is 13.0 Å². The number of carbonyl (C=O) groups is 4. The smallest absolute Gasteiger partial charge is 0.438 e. The topological polar surface area (TPSA) is 215 Å². The Morgan fingerprint density at radius 1 is 1.05 bits per heavy atom. The highest BCUT2D eigenvalue weighted by atomic mass is 32.2. The second-order valence-electron chi connectivity index (χ2n) is 15.5. The van der Waals surface area contributed by atoms with Crippen LogP contribution in [-0.4, -0.2) is 101 Å². The molecule has 20 heteroatoms. The highest BCUT2D eigenvalue weighted by molar-refractivity contribution is 7.91. The molecule has 0 spiro atoms. The first kappa shape index (κ1) is 40.8. The second kappa shape index (κ2) is 14.9. The third-order valence-electron chi connectivity index (χ3n) is 11.2. The number of aromatic nitrogens is 2. The lowest BCUT2D eigenvalue weighted by molar-refractivity contribution is -0.142. The van der Waals surface area contributed by atoms with Gasteiger partial charge in [0, 0.05) is 24.5 Å². The molecule has 4 N–H and O–H groups in total. The van der Waals surface area contributed by atoms with E-state index in [1.165, 1.54) is 31.1 Å². The number of hydrogen-bond acceptors (Lipinski definition) is 11. The Kier molecular flexibility index (Phi) is 10.8. The van der Waals surface area contributed by atoms with Gasteiger partial charge in [-0.25, -0.2) is 23.2 Å². The molecule has 16 nitrogen and oxygen atoms in total. The molecule has 306 valence electrons. The fraction of sp³-hybridized carbons (Fsp3) is 0.611. The lowest BCUT2D eigenvalue weighted by Crippen LogP contribution is -2.59. The van der Waals surface area contributed by atoms with E-state index in [9.17, 15) is 45.9 Å². The molecule has 7 atom stereocenters. The molecule has 0 bridgehead atoms. The monoisotopic (exact) mass is 810 g/mol. The molecule has 0 unspecified atom stereocenters. The summed E-state index contributed by atoms with van der Waals surface area (Å²) in [6.07, 6.45) is -1.28. The quantitative estimate of drug-likeness (QED) is 0.282. The highest BCUT2D eigenvalue weighted by Crippen LogP contribution is 2.48. The number of carboxylic acid groups (broad SMARTS) is 1. The van der Waals surface area contributed by atoms with Crippen LogP contribution in [0.2, 0.25) is 0 Å². The number of ether oxygens (including phenoxy) is 3. The first-order valence-corrected chi connectivity index (χ1v) is 19.7. The number of nitrogens with zero attached hydrogens (tertiary/aromatic N) is 3. The fourth-order valence-electron chi connectivity index (χ4n) is 7.54. The molecule has 4 amide bonds. The lowest BCUT2D eigenvalue weighted by Gasteiger charge is -2.32. The maximum absolute atomic E-state index is 14.4. The van der Waals surface area contributed by atoms with Crippen LogP contribution in [-0.2, 0) is 30.6 Å². The van der Waals surface area contributed by atoms with Gasteiger partial charge in [0.25, 0.3) is 5.91 Å². The molecule has 3 heterocycles. The number of alkyl halides is 3. The second-order valence-corrected chi connectivity index (χ2v) is 17.7. The van der Waals surface area contributed by atoms with Gasteiger partial charge in [-0.05, 0) is 57.3 Å². The van der Waals surface area contributed by atoms with E-state index in [1.54, 1.807) is 13.0 Å². The van der Waals surface area contributed by atoms with Crippen molar-refractivity contribution in [2.45, 2.75) is 100 Å². The average molecular weight is 811 g/mol. The molecule has 4 aliphatic rings. The van der Waals surface area contributed by atoms with E-state index in [0.717, 1.165) is 7.11 Å². The molecule has 6 rings (SSSR count). The maximum Gasteiger partial charge on any atom is 0.438 e. The van der Waals surface area contributed by atoms with Crippen molar-refractivity contribution in [1.29, 1.82) is 0 Å². The van der Waals surface area contributed by atoms with Gasteiger partial charge in [0.1, 0.15) is 23.7 Å². The predicted molar refractivity (Wildman–Crippen MR) is 192 cm³/mol. The number of benzene rings is 1. The van der Waals surface area contributed by atoms with Crippen LogP contribution < -0.4 is 29.6 Å². The first-order valence-electron chi connectivity index (χ1n) is 18.2. The number of allylic oxidation sites excluding steroid dienone is 1. The number of halogens is 3.